The maximum atomic E-state index is 11.9. The molecule has 0 saturated carbocycles. The number of halogens is 3. The minimum atomic E-state index is -2.43. The predicted octanol–water partition coefficient (Wildman–Crippen LogP) is 1.97. The third kappa shape index (κ3) is 1.71. The highest BCUT2D eigenvalue weighted by molar-refractivity contribution is 6.60. The fourth-order valence-corrected chi connectivity index (χ4v) is 0.841. The van der Waals surface area contributed by atoms with Crippen LogP contribution in [0.25, 0.3) is 0 Å². The van der Waals surface area contributed by atoms with E-state index in [0.717, 1.165) is 0 Å². The molecule has 0 atom stereocenters. The van der Waals surface area contributed by atoms with Crippen molar-refractivity contribution in [3.63, 3.8) is 0 Å². The van der Waals surface area contributed by atoms with Gasteiger partial charge in [-0.3, -0.25) is 8.63 Å². The monoisotopic (exact) mass is 160 g/mol. The molecule has 0 N–H and O–H groups in total. The van der Waals surface area contributed by atoms with Gasteiger partial charge in [-0.15, -0.1) is 0 Å². The van der Waals surface area contributed by atoms with Gasteiger partial charge in [0.05, 0.1) is 0 Å². The van der Waals surface area contributed by atoms with Gasteiger partial charge >= 0.3 is 7.27 Å². The number of hydrogen-bond acceptors (Lipinski definition) is 0. The summed E-state index contributed by atoms with van der Waals surface area (Å²) < 4.78 is 23.8. The lowest BCUT2D eigenvalue weighted by Gasteiger charge is -1.93. The van der Waals surface area contributed by atoms with E-state index >= 15 is 0 Å². The van der Waals surface area contributed by atoms with Crippen LogP contribution in [-0.4, -0.2) is 7.27 Å². The summed E-state index contributed by atoms with van der Waals surface area (Å²) in [7, 11) is -2.43. The maximum Gasteiger partial charge on any atom is 0.572 e. The van der Waals surface area contributed by atoms with Crippen LogP contribution in [0.2, 0.25) is 5.02 Å². The first-order valence-electron chi connectivity index (χ1n) is 2.74. The summed E-state index contributed by atoms with van der Waals surface area (Å²) in [5, 5.41) is 0.345. The summed E-state index contributed by atoms with van der Waals surface area (Å²) in [5.74, 6) is 0. The molecule has 1 aromatic rings. The molecule has 1 aromatic carbocycles. The van der Waals surface area contributed by atoms with Crippen molar-refractivity contribution >= 4 is 24.3 Å². The first-order valence-corrected chi connectivity index (χ1v) is 3.11. The summed E-state index contributed by atoms with van der Waals surface area (Å²) >= 11 is 5.46. The summed E-state index contributed by atoms with van der Waals surface area (Å²) in [6.07, 6.45) is 0. The summed E-state index contributed by atoms with van der Waals surface area (Å²) in [5.41, 5.74) is -0.0347. The molecule has 0 aliphatic rings. The topological polar surface area (TPSA) is 0 Å². The number of hydrogen-bond donors (Lipinski definition) is 0. The van der Waals surface area contributed by atoms with E-state index in [2.05, 4.69) is 0 Å². The zero-order chi connectivity index (χ0) is 7.56. The molecule has 52 valence electrons. The van der Waals surface area contributed by atoms with Crippen LogP contribution in [-0.2, 0) is 0 Å². The quantitative estimate of drug-likeness (QED) is 0.551. The van der Waals surface area contributed by atoms with E-state index in [1.54, 1.807) is 6.07 Å². The van der Waals surface area contributed by atoms with Gasteiger partial charge in [-0.05, 0) is 17.6 Å². The molecule has 0 aromatic heterocycles. The first kappa shape index (κ1) is 7.54. The van der Waals surface area contributed by atoms with Gasteiger partial charge in [0.15, 0.2) is 0 Å². The molecule has 1 rings (SSSR count). The molecule has 0 fully saturated rings. The molecule has 0 heterocycles. The molecule has 4 heteroatoms. The fourth-order valence-electron chi connectivity index (χ4n) is 0.642. The minimum absolute atomic E-state index is 0.0347. The van der Waals surface area contributed by atoms with Crippen LogP contribution in [0.1, 0.15) is 0 Å². The Balaban J connectivity index is 2.96. The predicted molar refractivity (Wildman–Crippen MR) is 39.1 cm³/mol. The van der Waals surface area contributed by atoms with Gasteiger partial charge in [-0.25, -0.2) is 0 Å². The van der Waals surface area contributed by atoms with Crippen LogP contribution < -0.4 is 5.46 Å². The Bertz CT molecular complexity index is 227. The Morgan fingerprint density at radius 1 is 1.30 bits per heavy atom. The molecule has 0 nitrogen and oxygen atoms in total. The van der Waals surface area contributed by atoms with E-state index in [4.69, 9.17) is 11.6 Å². The SMILES string of the molecule is FB(F)c1cccc(Cl)c1. The second kappa shape index (κ2) is 3.02. The van der Waals surface area contributed by atoms with E-state index in [9.17, 15) is 8.63 Å². The highest BCUT2D eigenvalue weighted by Gasteiger charge is 2.14. The number of rotatable bonds is 1. The molecule has 0 aliphatic carbocycles. The van der Waals surface area contributed by atoms with Crippen molar-refractivity contribution in [2.24, 2.45) is 0 Å². The standard InChI is InChI=1S/C6H4BClF2/c8-6-3-1-2-5(4-6)7(9)10/h1-4H. The molecule has 0 bridgehead atoms. The lowest BCUT2D eigenvalue weighted by molar-refractivity contribution is 0.685. The third-order valence-electron chi connectivity index (χ3n) is 1.10. The molecule has 10 heavy (non-hydrogen) atoms. The van der Waals surface area contributed by atoms with E-state index in [1.807, 2.05) is 0 Å². The van der Waals surface area contributed by atoms with E-state index in [0.29, 0.717) is 5.02 Å². The van der Waals surface area contributed by atoms with Crippen LogP contribution >= 0.6 is 11.6 Å². The van der Waals surface area contributed by atoms with Crippen LogP contribution in [0, 0.1) is 0 Å². The molecule has 0 unspecified atom stereocenters. The molecule has 0 amide bonds. The molecule has 0 aliphatic heterocycles. The van der Waals surface area contributed by atoms with Crippen LogP contribution in [0.15, 0.2) is 24.3 Å². The van der Waals surface area contributed by atoms with Crippen molar-refractivity contribution in [3.8, 4) is 0 Å². The second-order valence-electron chi connectivity index (χ2n) is 1.86. The summed E-state index contributed by atoms with van der Waals surface area (Å²) in [4.78, 5) is 0. The minimum Gasteiger partial charge on any atom is -0.281 e. The third-order valence-corrected chi connectivity index (χ3v) is 1.34. The Kier molecular flexibility index (Phi) is 2.27. The van der Waals surface area contributed by atoms with Gasteiger partial charge in [0.2, 0.25) is 0 Å². The molecular weight excluding hydrogens is 156 g/mol. The van der Waals surface area contributed by atoms with E-state index in [1.165, 1.54) is 18.2 Å². The van der Waals surface area contributed by atoms with Crippen molar-refractivity contribution in [1.82, 2.24) is 0 Å². The van der Waals surface area contributed by atoms with E-state index < -0.39 is 7.27 Å². The largest absolute Gasteiger partial charge is 0.572 e. The second-order valence-corrected chi connectivity index (χ2v) is 2.29. The molecular formula is C6H4BClF2. The zero-order valence-corrected chi connectivity index (χ0v) is 5.78. The van der Waals surface area contributed by atoms with Crippen LogP contribution in [0.3, 0.4) is 0 Å². The average Bonchev–Trinajstić information content (AvgIpc) is 1.88. The van der Waals surface area contributed by atoms with Crippen molar-refractivity contribution < 1.29 is 8.63 Å². The normalized spacial score (nSPS) is 9.50. The van der Waals surface area contributed by atoms with Gasteiger partial charge in [0.25, 0.3) is 0 Å². The first-order chi connectivity index (χ1) is 4.70. The smallest absolute Gasteiger partial charge is 0.281 e. The van der Waals surface area contributed by atoms with E-state index in [-0.39, 0.29) is 5.46 Å². The maximum absolute atomic E-state index is 11.9. The Hall–Kier alpha value is -0.565. The fraction of sp³-hybridized carbons (Fsp3) is 0. The van der Waals surface area contributed by atoms with Crippen molar-refractivity contribution in [2.45, 2.75) is 0 Å². The van der Waals surface area contributed by atoms with Crippen LogP contribution in [0.5, 0.6) is 0 Å². The summed E-state index contributed by atoms with van der Waals surface area (Å²) in [6, 6.07) is 5.67. The average molecular weight is 160 g/mol. The van der Waals surface area contributed by atoms with Crippen molar-refractivity contribution in [1.29, 1.82) is 0 Å². The van der Waals surface area contributed by atoms with Gasteiger partial charge in [-0.2, -0.15) is 0 Å². The highest BCUT2D eigenvalue weighted by atomic mass is 35.5. The molecule has 0 radical (unpaired) electrons. The summed E-state index contributed by atoms with van der Waals surface area (Å²) in [6.45, 7) is 0. The Morgan fingerprint density at radius 2 is 2.00 bits per heavy atom. The lowest BCUT2D eigenvalue weighted by atomic mass is 9.86. The van der Waals surface area contributed by atoms with Crippen molar-refractivity contribution in [2.75, 3.05) is 0 Å². The molecule has 0 saturated heterocycles. The molecule has 0 spiro atoms. The zero-order valence-electron chi connectivity index (χ0n) is 5.02. The van der Waals surface area contributed by atoms with Gasteiger partial charge in [-0.1, -0.05) is 23.7 Å². The number of benzene rings is 1. The van der Waals surface area contributed by atoms with Crippen molar-refractivity contribution in [3.05, 3.63) is 29.3 Å². The van der Waals surface area contributed by atoms with Crippen LogP contribution in [0.4, 0.5) is 8.63 Å². The van der Waals surface area contributed by atoms with Gasteiger partial charge in [0, 0.05) is 5.02 Å². The lowest BCUT2D eigenvalue weighted by Crippen LogP contribution is -2.19. The Morgan fingerprint density at radius 3 is 2.40 bits per heavy atom. The highest BCUT2D eigenvalue weighted by Crippen LogP contribution is 2.04. The Labute approximate surface area is 63.0 Å². The van der Waals surface area contributed by atoms with Gasteiger partial charge in [0.1, 0.15) is 0 Å². The van der Waals surface area contributed by atoms with Gasteiger partial charge < -0.3 is 0 Å².